The molecule has 0 aliphatic carbocycles. The van der Waals surface area contributed by atoms with Crippen LogP contribution in [0.15, 0.2) is 71.1 Å². The molecular formula is C21H19FN8O2S. The van der Waals surface area contributed by atoms with Crippen molar-refractivity contribution in [2.45, 2.75) is 16.5 Å². The number of aliphatic hydroxyl groups is 2. The average Bonchev–Trinajstić information content (AvgIpc) is 3.40. The molecule has 33 heavy (non-hydrogen) atoms. The summed E-state index contributed by atoms with van der Waals surface area (Å²) in [6.45, 7) is 0.154. The fourth-order valence-corrected chi connectivity index (χ4v) is 4.03. The number of pyridine rings is 1. The highest BCUT2D eigenvalue weighted by molar-refractivity contribution is 7.99. The zero-order valence-corrected chi connectivity index (χ0v) is 17.9. The van der Waals surface area contributed by atoms with Crippen LogP contribution < -0.4 is 10.6 Å². The molecule has 0 bridgehead atoms. The molecule has 1 atom stereocenters. The van der Waals surface area contributed by atoms with E-state index in [0.29, 0.717) is 27.3 Å². The normalized spacial score (nSPS) is 12.5. The predicted molar refractivity (Wildman–Crippen MR) is 120 cm³/mol. The van der Waals surface area contributed by atoms with E-state index in [2.05, 4.69) is 30.9 Å². The van der Waals surface area contributed by atoms with Gasteiger partial charge in [0.15, 0.2) is 17.6 Å². The van der Waals surface area contributed by atoms with Crippen molar-refractivity contribution in [2.24, 2.45) is 0 Å². The van der Waals surface area contributed by atoms with Crippen molar-refractivity contribution < 1.29 is 14.6 Å². The van der Waals surface area contributed by atoms with Gasteiger partial charge in [-0.1, -0.05) is 12.1 Å². The number of nitrogens with zero attached hydrogens (tertiary/aromatic N) is 6. The molecule has 5 rings (SSSR count). The van der Waals surface area contributed by atoms with E-state index in [0.717, 1.165) is 11.1 Å². The fraction of sp³-hybridized carbons (Fsp3) is 0.143. The third-order valence-corrected chi connectivity index (χ3v) is 5.64. The first kappa shape index (κ1) is 21.3. The molecule has 168 valence electrons. The number of nitrogens with one attached hydrogen (secondary N) is 2. The van der Waals surface area contributed by atoms with Crippen molar-refractivity contribution in [3.05, 3.63) is 66.7 Å². The maximum atomic E-state index is 13.6. The van der Waals surface area contributed by atoms with Crippen molar-refractivity contribution in [1.29, 1.82) is 0 Å². The number of rotatable bonds is 8. The quantitative estimate of drug-likeness (QED) is 0.254. The van der Waals surface area contributed by atoms with Crippen molar-refractivity contribution in [1.82, 2.24) is 34.5 Å². The first-order valence-corrected chi connectivity index (χ1v) is 10.8. The van der Waals surface area contributed by atoms with Crippen LogP contribution in [0.2, 0.25) is 0 Å². The maximum absolute atomic E-state index is 13.6. The number of fused-ring (bicyclic) bond motifs is 2. The molecule has 4 heterocycles. The Morgan fingerprint density at radius 3 is 2.76 bits per heavy atom. The van der Waals surface area contributed by atoms with Gasteiger partial charge in [-0.2, -0.15) is 5.10 Å². The molecule has 0 radical (unpaired) electrons. The van der Waals surface area contributed by atoms with Gasteiger partial charge in [0.05, 0.1) is 12.8 Å². The minimum absolute atomic E-state index is 0.0902. The highest BCUT2D eigenvalue weighted by Gasteiger charge is 2.12. The van der Waals surface area contributed by atoms with E-state index in [1.807, 2.05) is 34.9 Å². The number of benzene rings is 1. The number of anilines is 1. The van der Waals surface area contributed by atoms with Gasteiger partial charge in [0, 0.05) is 12.7 Å². The van der Waals surface area contributed by atoms with E-state index in [1.54, 1.807) is 22.8 Å². The van der Waals surface area contributed by atoms with E-state index in [1.165, 1.54) is 23.9 Å². The smallest absolute Gasteiger partial charge is 0.201 e. The van der Waals surface area contributed by atoms with E-state index >= 15 is 0 Å². The summed E-state index contributed by atoms with van der Waals surface area (Å²) in [5.74, 6) is 0.129. The number of halogens is 1. The Morgan fingerprint density at radius 1 is 1.03 bits per heavy atom. The van der Waals surface area contributed by atoms with Crippen LogP contribution in [0.1, 0.15) is 0 Å². The van der Waals surface area contributed by atoms with Crippen LogP contribution in [0.4, 0.5) is 10.2 Å². The van der Waals surface area contributed by atoms with Crippen LogP contribution in [-0.4, -0.2) is 58.9 Å². The maximum Gasteiger partial charge on any atom is 0.201 e. The second-order valence-corrected chi connectivity index (χ2v) is 8.05. The molecule has 0 aliphatic heterocycles. The molecule has 4 aromatic heterocycles. The predicted octanol–water partition coefficient (Wildman–Crippen LogP) is 2.00. The van der Waals surface area contributed by atoms with Gasteiger partial charge in [-0.3, -0.25) is 9.72 Å². The van der Waals surface area contributed by atoms with Gasteiger partial charge in [0.1, 0.15) is 16.7 Å². The van der Waals surface area contributed by atoms with Gasteiger partial charge in [0.2, 0.25) is 5.16 Å². The summed E-state index contributed by atoms with van der Waals surface area (Å²) < 4.78 is 17.1. The van der Waals surface area contributed by atoms with Crippen molar-refractivity contribution in [3.8, 4) is 11.1 Å². The third-order valence-electron chi connectivity index (χ3n) is 4.75. The molecule has 1 aromatic carbocycles. The number of aliphatic hydroxyl groups excluding tert-OH is 2. The summed E-state index contributed by atoms with van der Waals surface area (Å²) in [5.41, 5.74) is 2.86. The fourth-order valence-electron chi connectivity index (χ4n) is 3.25. The summed E-state index contributed by atoms with van der Waals surface area (Å²) in [7, 11) is 0. The zero-order valence-electron chi connectivity index (χ0n) is 17.1. The average molecular weight is 467 g/mol. The van der Waals surface area contributed by atoms with E-state index in [9.17, 15) is 9.50 Å². The molecule has 4 N–H and O–H groups in total. The monoisotopic (exact) mass is 466 g/mol. The SMILES string of the molecule is OCCNC(O)Nc1cn2nc(Sc3nnc4ccc(-c5cccc(F)c5)cn34)ccc2n1. The first-order chi connectivity index (χ1) is 16.1. The lowest BCUT2D eigenvalue weighted by Gasteiger charge is -2.12. The Balaban J connectivity index is 1.39. The third kappa shape index (κ3) is 4.64. The molecule has 0 fully saturated rings. The second kappa shape index (κ2) is 9.11. The lowest BCUT2D eigenvalue weighted by molar-refractivity contribution is 0.153. The summed E-state index contributed by atoms with van der Waals surface area (Å²) >= 11 is 1.33. The molecular weight excluding hydrogens is 447 g/mol. The Hall–Kier alpha value is -3.58. The number of aromatic nitrogens is 6. The van der Waals surface area contributed by atoms with Gasteiger partial charge in [-0.25, -0.2) is 13.9 Å². The summed E-state index contributed by atoms with van der Waals surface area (Å²) in [6, 6.07) is 13.7. The Morgan fingerprint density at radius 2 is 1.91 bits per heavy atom. The van der Waals surface area contributed by atoms with Crippen molar-refractivity contribution >= 4 is 28.9 Å². The number of hydrogen-bond acceptors (Lipinski definition) is 9. The highest BCUT2D eigenvalue weighted by atomic mass is 32.2. The Kier molecular flexibility index (Phi) is 5.88. The van der Waals surface area contributed by atoms with Crippen LogP contribution in [0, 0.1) is 5.82 Å². The minimum Gasteiger partial charge on any atom is -0.395 e. The van der Waals surface area contributed by atoms with Gasteiger partial charge in [-0.15, -0.1) is 10.2 Å². The molecule has 0 spiro atoms. The van der Waals surface area contributed by atoms with E-state index in [-0.39, 0.29) is 19.0 Å². The first-order valence-electron chi connectivity index (χ1n) is 10.0. The molecule has 10 nitrogen and oxygen atoms in total. The molecule has 12 heteroatoms. The topological polar surface area (TPSA) is 125 Å². The minimum atomic E-state index is -1.05. The molecule has 1 unspecified atom stereocenters. The lowest BCUT2D eigenvalue weighted by atomic mass is 10.1. The van der Waals surface area contributed by atoms with Crippen LogP contribution in [-0.2, 0) is 0 Å². The Bertz CT molecular complexity index is 1420. The van der Waals surface area contributed by atoms with Crippen molar-refractivity contribution in [3.63, 3.8) is 0 Å². The summed E-state index contributed by atoms with van der Waals surface area (Å²) in [4.78, 5) is 4.35. The van der Waals surface area contributed by atoms with E-state index < -0.39 is 6.35 Å². The largest absolute Gasteiger partial charge is 0.395 e. The van der Waals surface area contributed by atoms with Crippen LogP contribution in [0.3, 0.4) is 0 Å². The molecule has 5 aromatic rings. The summed E-state index contributed by atoms with van der Waals surface area (Å²) in [6.07, 6.45) is 2.46. The highest BCUT2D eigenvalue weighted by Crippen LogP contribution is 2.27. The lowest BCUT2D eigenvalue weighted by Crippen LogP contribution is -2.37. The van der Waals surface area contributed by atoms with Gasteiger partial charge in [0.25, 0.3) is 0 Å². The van der Waals surface area contributed by atoms with Crippen LogP contribution >= 0.6 is 11.8 Å². The van der Waals surface area contributed by atoms with Crippen LogP contribution in [0.5, 0.6) is 0 Å². The molecule has 0 aliphatic rings. The van der Waals surface area contributed by atoms with Crippen LogP contribution in [0.25, 0.3) is 22.4 Å². The zero-order chi connectivity index (χ0) is 22.8. The van der Waals surface area contributed by atoms with Gasteiger partial charge in [-0.05, 0) is 59.3 Å². The molecule has 0 saturated heterocycles. The van der Waals surface area contributed by atoms with E-state index in [4.69, 9.17) is 5.11 Å². The number of imidazole rings is 1. The molecule has 0 amide bonds. The van der Waals surface area contributed by atoms with Gasteiger partial charge < -0.3 is 15.5 Å². The number of hydrogen-bond donors (Lipinski definition) is 4. The molecule has 0 saturated carbocycles. The standard InChI is InChI=1S/C21H19FN8O2S/c22-15-3-1-2-13(10-15)14-4-5-18-26-27-21(29(18)11-14)33-19-7-6-17-24-16(12-30(17)28-19)25-20(32)23-8-9-31/h1-7,10-12,20,23,25,31-32H,8-9H2. The van der Waals surface area contributed by atoms with Gasteiger partial charge >= 0.3 is 0 Å². The summed E-state index contributed by atoms with van der Waals surface area (Å²) in [5, 5.41) is 38.4. The second-order valence-electron chi connectivity index (χ2n) is 7.07. The Labute approximate surface area is 191 Å². The van der Waals surface area contributed by atoms with Crippen molar-refractivity contribution in [2.75, 3.05) is 18.5 Å².